The van der Waals surface area contributed by atoms with Gasteiger partial charge in [0, 0.05) is 15.7 Å². The minimum atomic E-state index is -3.47. The van der Waals surface area contributed by atoms with Crippen LogP contribution in [0, 0.1) is 6.07 Å². The summed E-state index contributed by atoms with van der Waals surface area (Å²) in [7, 11) is -2.84. The molecule has 1 aromatic rings. The van der Waals surface area contributed by atoms with E-state index in [0.29, 0.717) is 15.7 Å². The van der Waals surface area contributed by atoms with Crippen molar-refractivity contribution < 1.29 is 8.42 Å². The van der Waals surface area contributed by atoms with E-state index < -0.39 is 9.06 Å². The van der Waals surface area contributed by atoms with Crippen LogP contribution in [0.1, 0.15) is 0 Å². The summed E-state index contributed by atoms with van der Waals surface area (Å²) in [5, 5.41) is 4.79. The molecule has 0 aliphatic rings. The SMILES string of the molecule is NS(=O)(=O)Sc1cc[c]cc1. The molecule has 0 atom stereocenters. The van der Waals surface area contributed by atoms with Gasteiger partial charge >= 0.3 is 0 Å². The van der Waals surface area contributed by atoms with Crippen LogP contribution in [0.5, 0.6) is 0 Å². The fourth-order valence-corrected chi connectivity index (χ4v) is 2.21. The second kappa shape index (κ2) is 3.25. The molecule has 2 N–H and O–H groups in total. The maximum atomic E-state index is 10.5. The molecule has 11 heavy (non-hydrogen) atoms. The molecular formula is C6H6NO2S2. The molecule has 0 spiro atoms. The van der Waals surface area contributed by atoms with Gasteiger partial charge in [0.25, 0.3) is 9.06 Å². The molecule has 0 unspecified atom stereocenters. The molecule has 0 saturated heterocycles. The van der Waals surface area contributed by atoms with Gasteiger partial charge in [-0.15, -0.1) is 0 Å². The molecule has 0 bridgehead atoms. The highest BCUT2D eigenvalue weighted by Crippen LogP contribution is 2.20. The lowest BCUT2D eigenvalue weighted by atomic mass is 10.4. The van der Waals surface area contributed by atoms with Crippen molar-refractivity contribution in [2.75, 3.05) is 0 Å². The van der Waals surface area contributed by atoms with Crippen molar-refractivity contribution in [1.29, 1.82) is 0 Å². The van der Waals surface area contributed by atoms with E-state index in [0.717, 1.165) is 0 Å². The number of hydrogen-bond acceptors (Lipinski definition) is 3. The Morgan fingerprint density at radius 2 is 1.91 bits per heavy atom. The fraction of sp³-hybridized carbons (Fsp3) is 0. The number of hydrogen-bond donors (Lipinski definition) is 1. The summed E-state index contributed by atoms with van der Waals surface area (Å²) in [6.07, 6.45) is 0. The summed E-state index contributed by atoms with van der Waals surface area (Å²) in [4.78, 5) is 0.603. The molecule has 0 aliphatic heterocycles. The van der Waals surface area contributed by atoms with Gasteiger partial charge in [0.1, 0.15) is 0 Å². The zero-order valence-corrected chi connectivity index (χ0v) is 7.15. The lowest BCUT2D eigenvalue weighted by molar-refractivity contribution is 0.612. The number of nitrogens with two attached hydrogens (primary N) is 1. The molecule has 0 aliphatic carbocycles. The Morgan fingerprint density at radius 3 is 2.36 bits per heavy atom. The minimum Gasteiger partial charge on any atom is -0.219 e. The van der Waals surface area contributed by atoms with Crippen LogP contribution in [0.2, 0.25) is 0 Å². The Morgan fingerprint density at radius 1 is 1.36 bits per heavy atom. The number of rotatable bonds is 2. The van der Waals surface area contributed by atoms with E-state index in [1.165, 1.54) is 0 Å². The second-order valence-electron chi connectivity index (χ2n) is 1.81. The van der Waals surface area contributed by atoms with Gasteiger partial charge in [-0.1, -0.05) is 12.1 Å². The fourth-order valence-electron chi connectivity index (χ4n) is 0.561. The van der Waals surface area contributed by atoms with Crippen molar-refractivity contribution in [3.8, 4) is 0 Å². The van der Waals surface area contributed by atoms with Crippen molar-refractivity contribution in [1.82, 2.24) is 0 Å². The molecule has 1 aromatic carbocycles. The van der Waals surface area contributed by atoms with Gasteiger partial charge in [0.15, 0.2) is 0 Å². The maximum Gasteiger partial charge on any atom is 0.266 e. The first-order valence-corrected chi connectivity index (χ1v) is 5.64. The summed E-state index contributed by atoms with van der Waals surface area (Å²) < 4.78 is 21.1. The average Bonchev–Trinajstić information content (AvgIpc) is 1.85. The molecule has 5 heteroatoms. The Bertz CT molecular complexity index is 320. The van der Waals surface area contributed by atoms with Gasteiger partial charge in [0.05, 0.1) is 0 Å². The van der Waals surface area contributed by atoms with Crippen molar-refractivity contribution in [3.05, 3.63) is 30.3 Å². The highest BCUT2D eigenvalue weighted by molar-refractivity contribution is 8.71. The van der Waals surface area contributed by atoms with Gasteiger partial charge in [0.2, 0.25) is 0 Å². The van der Waals surface area contributed by atoms with Gasteiger partial charge in [-0.05, 0) is 18.2 Å². The van der Waals surface area contributed by atoms with Gasteiger partial charge in [-0.3, -0.25) is 0 Å². The minimum absolute atomic E-state index is 0.603. The van der Waals surface area contributed by atoms with E-state index in [1.807, 2.05) is 0 Å². The first-order valence-electron chi connectivity index (χ1n) is 2.76. The van der Waals surface area contributed by atoms with Crippen molar-refractivity contribution in [3.63, 3.8) is 0 Å². The normalized spacial score (nSPS) is 11.4. The lowest BCUT2D eigenvalue weighted by Crippen LogP contribution is -2.05. The first kappa shape index (κ1) is 8.58. The van der Waals surface area contributed by atoms with E-state index >= 15 is 0 Å². The molecule has 0 fully saturated rings. The van der Waals surface area contributed by atoms with Crippen LogP contribution in [0.25, 0.3) is 0 Å². The average molecular weight is 188 g/mol. The summed E-state index contributed by atoms with van der Waals surface area (Å²) in [6, 6.07) is 9.30. The first-order chi connectivity index (χ1) is 5.08. The molecular weight excluding hydrogens is 182 g/mol. The van der Waals surface area contributed by atoms with Crippen LogP contribution >= 0.6 is 10.8 Å². The van der Waals surface area contributed by atoms with Gasteiger partial charge in [-0.25, -0.2) is 13.6 Å². The third-order valence-corrected chi connectivity index (χ3v) is 2.87. The molecule has 1 radical (unpaired) electrons. The Balaban J connectivity index is 2.82. The second-order valence-corrected chi connectivity index (χ2v) is 5.33. The van der Waals surface area contributed by atoms with Crippen LogP contribution in [-0.2, 0) is 9.06 Å². The predicted molar refractivity (Wildman–Crippen MR) is 44.2 cm³/mol. The van der Waals surface area contributed by atoms with Crippen molar-refractivity contribution in [2.45, 2.75) is 4.90 Å². The zero-order chi connectivity index (χ0) is 8.32. The summed E-state index contributed by atoms with van der Waals surface area (Å²) >= 11 is 0. The van der Waals surface area contributed by atoms with Crippen LogP contribution in [-0.4, -0.2) is 8.42 Å². The Kier molecular flexibility index (Phi) is 2.53. The highest BCUT2D eigenvalue weighted by Gasteiger charge is 2.03. The standard InChI is InChI=1S/C6H6NO2S2/c7-11(8,9)10-6-4-2-1-3-5-6/h2-5H,(H2,7,8,9). The molecule has 3 nitrogen and oxygen atoms in total. The predicted octanol–water partition coefficient (Wildman–Crippen LogP) is 0.782. The van der Waals surface area contributed by atoms with Crippen LogP contribution in [0.15, 0.2) is 29.2 Å². The van der Waals surface area contributed by atoms with Crippen molar-refractivity contribution in [2.24, 2.45) is 5.14 Å². The molecule has 0 saturated carbocycles. The summed E-state index contributed by atoms with van der Waals surface area (Å²) in [5.41, 5.74) is 0. The smallest absolute Gasteiger partial charge is 0.219 e. The van der Waals surface area contributed by atoms with Crippen LogP contribution in [0.3, 0.4) is 0 Å². The third-order valence-electron chi connectivity index (χ3n) is 0.900. The Hall–Kier alpha value is -0.520. The highest BCUT2D eigenvalue weighted by atomic mass is 33.1. The quantitative estimate of drug-likeness (QED) is 0.698. The molecule has 0 amide bonds. The van der Waals surface area contributed by atoms with E-state index in [9.17, 15) is 8.42 Å². The van der Waals surface area contributed by atoms with Gasteiger partial charge < -0.3 is 0 Å². The topological polar surface area (TPSA) is 60.2 Å². The van der Waals surface area contributed by atoms with E-state index in [4.69, 9.17) is 5.14 Å². The monoisotopic (exact) mass is 188 g/mol. The molecule has 0 aromatic heterocycles. The summed E-state index contributed by atoms with van der Waals surface area (Å²) in [6.45, 7) is 0. The molecule has 1 rings (SSSR count). The lowest BCUT2D eigenvalue weighted by Gasteiger charge is -1.94. The zero-order valence-electron chi connectivity index (χ0n) is 5.52. The number of benzene rings is 1. The van der Waals surface area contributed by atoms with Gasteiger partial charge in [-0.2, -0.15) is 0 Å². The van der Waals surface area contributed by atoms with Crippen molar-refractivity contribution >= 4 is 19.8 Å². The third kappa shape index (κ3) is 3.41. The Labute approximate surface area is 69.1 Å². The largest absolute Gasteiger partial charge is 0.266 e. The van der Waals surface area contributed by atoms with Crippen LogP contribution < -0.4 is 5.14 Å². The van der Waals surface area contributed by atoms with E-state index in [1.54, 1.807) is 24.3 Å². The maximum absolute atomic E-state index is 10.5. The summed E-state index contributed by atoms with van der Waals surface area (Å²) in [5.74, 6) is 0. The van der Waals surface area contributed by atoms with Crippen LogP contribution in [0.4, 0.5) is 0 Å². The molecule has 59 valence electrons. The molecule has 0 heterocycles. The van der Waals surface area contributed by atoms with E-state index in [-0.39, 0.29) is 0 Å². The van der Waals surface area contributed by atoms with E-state index in [2.05, 4.69) is 6.07 Å².